The average molecular weight is 576 g/mol. The van der Waals surface area contributed by atoms with E-state index in [2.05, 4.69) is 21.7 Å². The Morgan fingerprint density at radius 2 is 1.92 bits per heavy atom. The van der Waals surface area contributed by atoms with Crippen LogP contribution in [0.1, 0.15) is 62.7 Å². The maximum absolute atomic E-state index is 12.7. The topological polar surface area (TPSA) is 119 Å². The summed E-state index contributed by atoms with van der Waals surface area (Å²) in [6.45, 7) is 4.66. The molecule has 3 aromatic heterocycles. The number of carbonyl (C=O) groups excluding carboxylic acids is 1. The lowest BCUT2D eigenvalue weighted by molar-refractivity contribution is 0.102. The largest absolute Gasteiger partial charge is 0.424 e. The Morgan fingerprint density at radius 1 is 1.16 bits per heavy atom. The molecule has 202 valence electrons. The lowest BCUT2D eigenvalue weighted by atomic mass is 10.1. The zero-order valence-corrected chi connectivity index (χ0v) is 23.9. The van der Waals surface area contributed by atoms with Gasteiger partial charge in [-0.1, -0.05) is 51.1 Å². The first kappa shape index (κ1) is 28.2. The number of amides is 1. The minimum atomic E-state index is -3.69. The fourth-order valence-corrected chi connectivity index (χ4v) is 5.94. The molecule has 0 radical (unpaired) electrons. The van der Waals surface area contributed by atoms with E-state index in [1.54, 1.807) is 35.7 Å². The number of benzene rings is 1. The van der Waals surface area contributed by atoms with E-state index >= 15 is 0 Å². The number of nitrogens with one attached hydrogen (secondary N) is 1. The number of rotatable bonds is 13. The van der Waals surface area contributed by atoms with Crippen LogP contribution in [0.5, 0.6) is 5.75 Å². The number of fused-ring (bicyclic) bond motifs is 1. The molecule has 1 unspecified atom stereocenters. The highest BCUT2D eigenvalue weighted by Gasteiger charge is 2.21. The molecule has 12 heteroatoms. The summed E-state index contributed by atoms with van der Waals surface area (Å²) in [4.78, 5) is 27.5. The van der Waals surface area contributed by atoms with Crippen molar-refractivity contribution in [1.29, 1.82) is 0 Å². The zero-order chi connectivity index (χ0) is 27.1. The monoisotopic (exact) mass is 575 g/mol. The molecule has 38 heavy (non-hydrogen) atoms. The van der Waals surface area contributed by atoms with E-state index in [1.807, 2.05) is 11.6 Å². The van der Waals surface area contributed by atoms with E-state index in [9.17, 15) is 14.3 Å². The van der Waals surface area contributed by atoms with Gasteiger partial charge in [0.1, 0.15) is 5.75 Å². The van der Waals surface area contributed by atoms with Crippen molar-refractivity contribution in [2.45, 2.75) is 58.9 Å². The Kier molecular flexibility index (Phi) is 9.54. The number of hydrogen-bond acceptors (Lipinski definition) is 7. The second kappa shape index (κ2) is 12.8. The van der Waals surface area contributed by atoms with Crippen LogP contribution in [0.4, 0.5) is 5.82 Å². The van der Waals surface area contributed by atoms with Crippen LogP contribution in [0.2, 0.25) is 5.02 Å². The maximum atomic E-state index is 12.7. The van der Waals surface area contributed by atoms with Gasteiger partial charge in [0.15, 0.2) is 11.5 Å². The Labute approximate surface area is 230 Å². The summed E-state index contributed by atoms with van der Waals surface area (Å²) in [5.74, 6) is 0.396. The van der Waals surface area contributed by atoms with Gasteiger partial charge >= 0.3 is 7.60 Å². The number of carbonyl (C=O) groups is 1. The molecule has 3 heterocycles. The fourth-order valence-electron chi connectivity index (χ4n) is 4.05. The summed E-state index contributed by atoms with van der Waals surface area (Å²) in [6.07, 6.45) is 7.67. The predicted octanol–water partition coefficient (Wildman–Crippen LogP) is 7.41. The van der Waals surface area contributed by atoms with Gasteiger partial charge in [0, 0.05) is 17.5 Å². The van der Waals surface area contributed by atoms with Crippen molar-refractivity contribution in [3.05, 3.63) is 52.5 Å². The Morgan fingerprint density at radius 3 is 2.61 bits per heavy atom. The molecule has 0 saturated carbocycles. The second-order valence-electron chi connectivity index (χ2n) is 9.02. The van der Waals surface area contributed by atoms with E-state index in [-0.39, 0.29) is 12.1 Å². The average Bonchev–Trinajstić information content (AvgIpc) is 3.53. The number of unbranched alkanes of at least 4 members (excludes halogenated alkanes) is 4. The molecule has 2 N–H and O–H groups in total. The van der Waals surface area contributed by atoms with Crippen LogP contribution in [0.3, 0.4) is 0 Å². The quantitative estimate of drug-likeness (QED) is 0.126. The van der Waals surface area contributed by atoms with Crippen molar-refractivity contribution in [3.63, 3.8) is 0 Å². The molecular formula is C26H31ClN5O4PS. The summed E-state index contributed by atoms with van der Waals surface area (Å²) in [5, 5.41) is 10.3. The van der Waals surface area contributed by atoms with Crippen molar-refractivity contribution >= 4 is 53.5 Å². The summed E-state index contributed by atoms with van der Waals surface area (Å²) >= 11 is 7.87. The number of aryl methyl sites for hydroxylation is 1. The van der Waals surface area contributed by atoms with E-state index in [4.69, 9.17) is 21.1 Å². The molecule has 0 bridgehead atoms. The standard InChI is InChI=1S/C26H31ClN5O4PS/c1-3-5-6-7-8-13-32-25-21(24(31-32)30-26(33)19-16-28-38-17-19)15-22(27)23(29-25)18-9-11-20(12-10-18)36-37(34,35)14-4-2/h9-12,15-17H,3-8,13-14H2,1-2H3,(H,34,35)(H,30,31,33). The number of nitrogens with zero attached hydrogens (tertiary/aromatic N) is 4. The summed E-state index contributed by atoms with van der Waals surface area (Å²) in [7, 11) is -3.69. The molecule has 1 aromatic carbocycles. The molecule has 4 rings (SSSR count). The smallest absolute Gasteiger partial charge is 0.376 e. The molecule has 9 nitrogen and oxygen atoms in total. The van der Waals surface area contributed by atoms with E-state index in [0.717, 1.165) is 24.8 Å². The molecule has 1 atom stereocenters. The van der Waals surface area contributed by atoms with Gasteiger partial charge in [-0.05, 0) is 54.7 Å². The van der Waals surface area contributed by atoms with Crippen LogP contribution < -0.4 is 9.84 Å². The fraction of sp³-hybridized carbons (Fsp3) is 0.385. The highest BCUT2D eigenvalue weighted by Crippen LogP contribution is 2.43. The van der Waals surface area contributed by atoms with Crippen LogP contribution in [-0.2, 0) is 11.1 Å². The van der Waals surface area contributed by atoms with Crippen molar-refractivity contribution in [2.75, 3.05) is 11.5 Å². The van der Waals surface area contributed by atoms with Crippen LogP contribution in [0.15, 0.2) is 41.9 Å². The highest BCUT2D eigenvalue weighted by atomic mass is 35.5. The Hall–Kier alpha value is -2.78. The third-order valence-corrected chi connectivity index (χ3v) is 8.34. The molecule has 0 fully saturated rings. The number of aromatic nitrogens is 4. The predicted molar refractivity (Wildman–Crippen MR) is 152 cm³/mol. The van der Waals surface area contributed by atoms with Crippen LogP contribution in [-0.4, -0.2) is 36.1 Å². The SMILES string of the molecule is CCCCCCCn1nc(NC(=O)c2cnsc2)c2cc(Cl)c(-c3ccc(OP(=O)(O)CCC)cc3)nc21. The first-order valence-corrected chi connectivity index (χ1v) is 15.7. The van der Waals surface area contributed by atoms with Gasteiger partial charge in [-0.15, -0.1) is 0 Å². The minimum Gasteiger partial charge on any atom is -0.424 e. The normalized spacial score (nSPS) is 12.9. The number of pyridine rings is 1. The molecule has 4 aromatic rings. The molecule has 0 aliphatic rings. The molecule has 0 aliphatic carbocycles. The molecule has 0 aliphatic heterocycles. The van der Waals surface area contributed by atoms with Gasteiger partial charge in [0.05, 0.1) is 34.0 Å². The van der Waals surface area contributed by atoms with Gasteiger partial charge < -0.3 is 14.7 Å². The first-order valence-electron chi connectivity index (χ1n) is 12.7. The molecular weight excluding hydrogens is 545 g/mol. The van der Waals surface area contributed by atoms with E-state index in [1.165, 1.54) is 30.6 Å². The third-order valence-electron chi connectivity index (χ3n) is 5.96. The van der Waals surface area contributed by atoms with Crippen LogP contribution >= 0.6 is 30.7 Å². The van der Waals surface area contributed by atoms with Crippen LogP contribution in [0, 0.1) is 0 Å². The maximum Gasteiger partial charge on any atom is 0.376 e. The third kappa shape index (κ3) is 6.99. The number of hydrogen-bond donors (Lipinski definition) is 2. The first-order chi connectivity index (χ1) is 18.3. The van der Waals surface area contributed by atoms with Crippen molar-refractivity contribution in [3.8, 4) is 17.0 Å². The van der Waals surface area contributed by atoms with Gasteiger partial charge in [-0.3, -0.25) is 4.79 Å². The second-order valence-corrected chi connectivity index (χ2v) is 12.0. The Bertz CT molecular complexity index is 1430. The van der Waals surface area contributed by atoms with E-state index in [0.29, 0.717) is 51.8 Å². The minimum absolute atomic E-state index is 0.0863. The van der Waals surface area contributed by atoms with Crippen molar-refractivity contribution < 1.29 is 18.8 Å². The van der Waals surface area contributed by atoms with Gasteiger partial charge in [-0.2, -0.15) is 5.10 Å². The van der Waals surface area contributed by atoms with E-state index < -0.39 is 7.60 Å². The Balaban J connectivity index is 1.65. The molecule has 0 spiro atoms. The molecule has 1 amide bonds. The summed E-state index contributed by atoms with van der Waals surface area (Å²) < 4.78 is 23.2. The summed E-state index contributed by atoms with van der Waals surface area (Å²) in [5.41, 5.74) is 2.33. The number of halogens is 1. The molecule has 0 saturated heterocycles. The summed E-state index contributed by atoms with van der Waals surface area (Å²) in [6, 6.07) is 8.51. The van der Waals surface area contributed by atoms with Gasteiger partial charge in [0.2, 0.25) is 0 Å². The number of anilines is 1. The zero-order valence-electron chi connectivity index (χ0n) is 21.4. The van der Waals surface area contributed by atoms with Crippen molar-refractivity contribution in [1.82, 2.24) is 19.1 Å². The van der Waals surface area contributed by atoms with Crippen molar-refractivity contribution in [2.24, 2.45) is 0 Å². The van der Waals surface area contributed by atoms with Crippen LogP contribution in [0.25, 0.3) is 22.3 Å². The lowest BCUT2D eigenvalue weighted by Gasteiger charge is -2.13. The lowest BCUT2D eigenvalue weighted by Crippen LogP contribution is -2.12. The van der Waals surface area contributed by atoms with Gasteiger partial charge in [-0.25, -0.2) is 18.6 Å². The van der Waals surface area contributed by atoms with Gasteiger partial charge in [0.25, 0.3) is 5.91 Å². The highest BCUT2D eigenvalue weighted by molar-refractivity contribution is 7.53.